The maximum absolute atomic E-state index is 12.0. The minimum atomic E-state index is -0.143. The Labute approximate surface area is 832 Å². The Bertz CT molecular complexity index is 6050. The first-order valence-corrected chi connectivity index (χ1v) is 53.0. The number of hydrogen-bond donors (Lipinski definition) is 7. The van der Waals surface area contributed by atoms with E-state index in [-0.39, 0.29) is 5.56 Å². The van der Waals surface area contributed by atoms with Gasteiger partial charge in [0, 0.05) is 154 Å². The molecule has 15 heterocycles. The zero-order valence-corrected chi connectivity index (χ0v) is 85.6. The van der Waals surface area contributed by atoms with Crippen molar-refractivity contribution in [2.24, 2.45) is 5.92 Å². The number of anilines is 4. The van der Waals surface area contributed by atoms with Crippen molar-refractivity contribution in [2.75, 3.05) is 222 Å². The van der Waals surface area contributed by atoms with Gasteiger partial charge in [-0.3, -0.25) is 4.79 Å². The van der Waals surface area contributed by atoms with E-state index in [4.69, 9.17) is 57.8 Å². The zero-order valence-electron chi connectivity index (χ0n) is 84.8. The fourth-order valence-electron chi connectivity index (χ4n) is 21.0. The van der Waals surface area contributed by atoms with Crippen molar-refractivity contribution in [1.29, 1.82) is 0 Å². The van der Waals surface area contributed by atoms with Crippen molar-refractivity contribution in [3.05, 3.63) is 154 Å². The number of nitrogens with zero attached hydrogens (tertiary/aromatic N) is 11. The van der Waals surface area contributed by atoms with Crippen LogP contribution in [0.5, 0.6) is 46.0 Å². The fourth-order valence-corrected chi connectivity index (χ4v) is 21.9. The topological polar surface area (TPSA) is 261 Å². The van der Waals surface area contributed by atoms with Crippen LogP contribution in [0, 0.1) is 26.7 Å². The molecule has 7 aliphatic heterocycles. The molecule has 1 saturated carbocycles. The molecule has 4 aromatic carbocycles. The highest BCUT2D eigenvalue weighted by Gasteiger charge is 2.28. The highest BCUT2D eigenvalue weighted by atomic mass is 32.1. The third kappa shape index (κ3) is 27.3. The predicted molar refractivity (Wildman–Crippen MR) is 572 cm³/mol. The molecule has 0 radical (unpaired) electrons. The molecule has 0 amide bonds. The van der Waals surface area contributed by atoms with Crippen LogP contribution in [0.25, 0.3) is 88.2 Å². The first kappa shape index (κ1) is 101. The maximum atomic E-state index is 12.0. The van der Waals surface area contributed by atoms with Gasteiger partial charge >= 0.3 is 0 Å². The first-order valence-electron chi connectivity index (χ1n) is 52.1. The van der Waals surface area contributed by atoms with E-state index in [9.17, 15) is 4.79 Å². The minimum Gasteiger partial charge on any atom is -0.493 e. The quantitative estimate of drug-likeness (QED) is 0.0179. The lowest BCUT2D eigenvalue weighted by Crippen LogP contribution is -2.36. The molecule has 27 nitrogen and oxygen atoms in total. The van der Waals surface area contributed by atoms with E-state index in [2.05, 4.69) is 191 Å². The lowest BCUT2D eigenvalue weighted by molar-refractivity contribution is 0.226. The van der Waals surface area contributed by atoms with Crippen molar-refractivity contribution < 1.29 is 37.9 Å². The van der Waals surface area contributed by atoms with Gasteiger partial charge in [0.2, 0.25) is 5.56 Å². The number of likely N-dealkylation sites (tertiary alicyclic amines) is 7. The lowest BCUT2D eigenvalue weighted by atomic mass is 9.97. The van der Waals surface area contributed by atoms with Gasteiger partial charge in [0.15, 0.2) is 46.0 Å². The molecule has 140 heavy (non-hydrogen) atoms. The Morgan fingerprint density at radius 2 is 0.700 bits per heavy atom. The van der Waals surface area contributed by atoms with Crippen molar-refractivity contribution in [1.82, 2.24) is 69.2 Å². The normalized spacial score (nSPS) is 17.5. The van der Waals surface area contributed by atoms with Crippen LogP contribution < -0.4 is 64.7 Å². The summed E-state index contributed by atoms with van der Waals surface area (Å²) >= 11 is 1.79. The van der Waals surface area contributed by atoms with Gasteiger partial charge in [0.05, 0.1) is 116 Å². The molecule has 20 rings (SSSR count). The van der Waals surface area contributed by atoms with Crippen LogP contribution in [0.2, 0.25) is 0 Å². The Morgan fingerprint density at radius 1 is 0.357 bits per heavy atom. The van der Waals surface area contributed by atoms with E-state index >= 15 is 0 Å². The first-order chi connectivity index (χ1) is 68.4. The summed E-state index contributed by atoms with van der Waals surface area (Å²) in [6.07, 6.45) is 28.2. The SMILES string of the molecule is COc1cc2c(NC3CCCC3)cc(-c3ccc(C)[nH]3)nc2cc1OCCCN1CCCC1.COc1cc2c(NC3CCN(C)CC3)cc(-c3cc[nH]c(=O)c3)nc2cc1OCCCN1CCCC1.COc1cc2c(NC3CCN(C)CC3)cc(-c3ccc(C)s3)nc2cc1OCCCN1CCCC1.COc1cc2c(NCC3CCN(C)CC3)cc(-c3ccc(C)[nH]3)nc2cc1OCCCN1CCCC1. The highest BCUT2D eigenvalue weighted by molar-refractivity contribution is 7.15. The molecule has 750 valence electrons. The van der Waals surface area contributed by atoms with Gasteiger partial charge < -0.3 is 108 Å². The predicted octanol–water partition coefficient (Wildman–Crippen LogP) is 20.6. The Hall–Kier alpha value is -11.0. The number of hydrogen-bond acceptors (Lipinski definition) is 25. The number of nitrogens with one attached hydrogen (secondary N) is 7. The number of thiophene rings is 1. The van der Waals surface area contributed by atoms with Gasteiger partial charge in [-0.15, -0.1) is 11.3 Å². The fraction of sp³-hybridized carbons (Fsp3) is 0.527. The number of H-pyrrole nitrogens is 3. The molecule has 12 aromatic rings. The van der Waals surface area contributed by atoms with Crippen LogP contribution in [0.3, 0.4) is 0 Å². The Morgan fingerprint density at radius 3 is 1.06 bits per heavy atom. The van der Waals surface area contributed by atoms with Gasteiger partial charge in [0.1, 0.15) is 0 Å². The van der Waals surface area contributed by atoms with Crippen molar-refractivity contribution >= 4 is 77.7 Å². The monoisotopic (exact) mass is 1930 g/mol. The second-order valence-electron chi connectivity index (χ2n) is 40.0. The number of benzene rings is 4. The third-order valence-corrected chi connectivity index (χ3v) is 30.3. The molecule has 8 aromatic heterocycles. The van der Waals surface area contributed by atoms with E-state index in [1.807, 2.05) is 36.4 Å². The molecule has 28 heteroatoms. The summed E-state index contributed by atoms with van der Waals surface area (Å²) in [5, 5.41) is 19.4. The van der Waals surface area contributed by atoms with Crippen molar-refractivity contribution in [3.8, 4) is 90.6 Å². The summed E-state index contributed by atoms with van der Waals surface area (Å²) in [5.41, 5.74) is 16.6. The molecule has 0 spiro atoms. The van der Waals surface area contributed by atoms with Gasteiger partial charge in [0.25, 0.3) is 0 Å². The van der Waals surface area contributed by atoms with E-state index < -0.39 is 0 Å². The molecular weight excluding hydrogens is 1770 g/mol. The number of fused-ring (bicyclic) bond motifs is 4. The number of aryl methyl sites for hydroxylation is 3. The van der Waals surface area contributed by atoms with Crippen LogP contribution in [-0.2, 0) is 0 Å². The summed E-state index contributed by atoms with van der Waals surface area (Å²) in [7, 11) is 13.4. The van der Waals surface area contributed by atoms with Crippen LogP contribution in [0.4, 0.5) is 22.7 Å². The molecule has 8 fully saturated rings. The van der Waals surface area contributed by atoms with E-state index in [0.29, 0.717) is 62.0 Å². The maximum Gasteiger partial charge on any atom is 0.248 e. The van der Waals surface area contributed by atoms with E-state index in [1.54, 1.807) is 52.0 Å². The van der Waals surface area contributed by atoms with Gasteiger partial charge in [-0.05, 0) is 359 Å². The second-order valence-corrected chi connectivity index (χ2v) is 41.3. The van der Waals surface area contributed by atoms with Gasteiger partial charge in [-0.25, -0.2) is 19.9 Å². The zero-order chi connectivity index (χ0) is 96.6. The molecule has 0 bridgehead atoms. The highest BCUT2D eigenvalue weighted by Crippen LogP contribution is 2.44. The minimum absolute atomic E-state index is 0.143. The summed E-state index contributed by atoms with van der Waals surface area (Å²) in [6, 6.07) is 42.6. The molecule has 7 saturated heterocycles. The molecule has 1 aliphatic carbocycles. The number of methoxy groups -OCH3 is 4. The van der Waals surface area contributed by atoms with Crippen LogP contribution in [0.1, 0.15) is 158 Å². The van der Waals surface area contributed by atoms with Crippen LogP contribution >= 0.6 is 11.3 Å². The lowest BCUT2D eigenvalue weighted by Gasteiger charge is -2.30. The molecule has 7 N–H and O–H groups in total. The summed E-state index contributed by atoms with van der Waals surface area (Å²) < 4.78 is 47.8. The summed E-state index contributed by atoms with van der Waals surface area (Å²) in [4.78, 5) is 61.3. The standard InChI is InChI=1S/C29H41N5O2.C28H37N5O3.C28H38N4O2S.C27H36N4O2/c1-21-7-8-24(31-21)27-18-25(30-20-22-9-14-33(2)15-10-22)23-17-28(35-3)29(19-26(23)32-27)36-16-6-13-34-11-4-5-12-34;1-32-13-7-21(8-14-32)30-24-18-23(20-6-9-29-28(34)16-20)31-25-19-27(26(35-2)17-22(24)25)36-15-5-12-33-10-3-4-11-33;1-20-7-8-28(35-20)25-18-23(29-21-9-14-31(2)15-10-21)22-17-26(33-3)27(19-24(22)30-25)34-16-6-13-32-11-4-5-12-32;1-19-10-11-22(28-19)25-17-23(29-20-8-3-4-9-20)21-16-26(32-2)27(18-24(21)30-25)33-15-7-14-31-12-5-6-13-31/h7-8,17-19,22,31H,4-6,9-16,20H2,1-3H3,(H,30,32);6,9,16-19,21H,3-5,7-8,10-15H2,1-2H3,(H,29,34)(H,30,31);7-8,17-19,21H,4-6,9-16H2,1-3H3,(H,29,30);10-11,16-18,20,28H,3-9,12-15H2,1-2H3,(H,29,30). The number of aromatic amines is 3. The van der Waals surface area contributed by atoms with Crippen molar-refractivity contribution in [3.63, 3.8) is 0 Å². The summed E-state index contributed by atoms with van der Waals surface area (Å²) in [6.45, 7) is 30.7. The molecular formula is C112H152N18O9S. The van der Waals surface area contributed by atoms with E-state index in [0.717, 1.165) is 262 Å². The summed E-state index contributed by atoms with van der Waals surface area (Å²) in [5.74, 6) is 6.70. The largest absolute Gasteiger partial charge is 0.493 e. The second kappa shape index (κ2) is 49.6. The smallest absolute Gasteiger partial charge is 0.248 e. The molecule has 0 unspecified atom stereocenters. The number of piperidine rings is 3. The number of ether oxygens (including phenoxy) is 8. The van der Waals surface area contributed by atoms with Gasteiger partial charge in [-0.2, -0.15) is 0 Å². The Balaban J connectivity index is 0.000000129. The van der Waals surface area contributed by atoms with Crippen LogP contribution in [0.15, 0.2) is 132 Å². The number of pyridine rings is 5. The van der Waals surface area contributed by atoms with Crippen molar-refractivity contribution in [2.45, 2.75) is 180 Å². The van der Waals surface area contributed by atoms with E-state index in [1.165, 1.54) is 165 Å². The number of aromatic nitrogens is 7. The van der Waals surface area contributed by atoms with Crippen LogP contribution in [-0.4, -0.2) is 288 Å². The average Bonchev–Trinajstić information content (AvgIpc) is 1.50. The molecule has 0 atom stereocenters. The Kier molecular flexibility index (Phi) is 35.7. The van der Waals surface area contributed by atoms with Gasteiger partial charge in [-0.1, -0.05) is 12.8 Å². The third-order valence-electron chi connectivity index (χ3n) is 29.2. The molecule has 8 aliphatic rings. The average molecular weight is 1930 g/mol. The number of rotatable bonds is 37.